The number of benzene rings is 2. The predicted molar refractivity (Wildman–Crippen MR) is 99.2 cm³/mol. The molecule has 0 bridgehead atoms. The number of carbonyl (C=O) groups excluding carboxylic acids is 2. The summed E-state index contributed by atoms with van der Waals surface area (Å²) in [6.45, 7) is 3.50. The van der Waals surface area contributed by atoms with Crippen molar-refractivity contribution in [2.24, 2.45) is 0 Å². The van der Waals surface area contributed by atoms with Gasteiger partial charge in [0.1, 0.15) is 0 Å². The molecule has 0 aromatic heterocycles. The minimum atomic E-state index is -1.63. The van der Waals surface area contributed by atoms with Crippen molar-refractivity contribution in [2.75, 3.05) is 10.6 Å². The first-order chi connectivity index (χ1) is 11.9. The second-order valence-electron chi connectivity index (χ2n) is 6.12. The van der Waals surface area contributed by atoms with Crippen LogP contribution in [0.15, 0.2) is 54.6 Å². The predicted octanol–water partition coefficient (Wildman–Crippen LogP) is 3.66. The fraction of sp³-hybridized carbons (Fsp3) is 0.300. The molecule has 5 heteroatoms. The Morgan fingerprint density at radius 1 is 0.960 bits per heavy atom. The lowest BCUT2D eigenvalue weighted by atomic mass is 9.95. The summed E-state index contributed by atoms with van der Waals surface area (Å²) in [5, 5.41) is 16.0. The summed E-state index contributed by atoms with van der Waals surface area (Å²) in [6, 6.07) is 15.6. The third-order valence-corrected chi connectivity index (χ3v) is 3.96. The number of unbranched alkanes of at least 4 members (excludes halogenated alkanes) is 1. The van der Waals surface area contributed by atoms with Crippen LogP contribution in [-0.2, 0) is 15.2 Å². The van der Waals surface area contributed by atoms with Crippen molar-refractivity contribution in [2.45, 2.75) is 38.7 Å². The van der Waals surface area contributed by atoms with E-state index in [0.717, 1.165) is 12.8 Å². The molecular formula is C20H24N2O3. The van der Waals surface area contributed by atoms with Crippen molar-refractivity contribution < 1.29 is 14.7 Å². The van der Waals surface area contributed by atoms with Crippen molar-refractivity contribution in [1.82, 2.24) is 0 Å². The molecule has 0 heterocycles. The van der Waals surface area contributed by atoms with Gasteiger partial charge in [0, 0.05) is 17.8 Å². The van der Waals surface area contributed by atoms with Gasteiger partial charge in [0.15, 0.2) is 5.60 Å². The van der Waals surface area contributed by atoms with E-state index in [4.69, 9.17) is 0 Å². The number of carbonyl (C=O) groups is 2. The number of hydrogen-bond acceptors (Lipinski definition) is 3. The van der Waals surface area contributed by atoms with E-state index < -0.39 is 11.5 Å². The number of amides is 2. The highest BCUT2D eigenvalue weighted by Crippen LogP contribution is 2.23. The summed E-state index contributed by atoms with van der Waals surface area (Å²) in [7, 11) is 0. The molecule has 0 saturated heterocycles. The van der Waals surface area contributed by atoms with Crippen LogP contribution in [-0.4, -0.2) is 16.9 Å². The third-order valence-electron chi connectivity index (χ3n) is 3.96. The van der Waals surface area contributed by atoms with Gasteiger partial charge >= 0.3 is 0 Å². The van der Waals surface area contributed by atoms with Crippen molar-refractivity contribution in [3.63, 3.8) is 0 Å². The van der Waals surface area contributed by atoms with Gasteiger partial charge in [-0.2, -0.15) is 0 Å². The smallest absolute Gasteiger partial charge is 0.260 e. The second-order valence-corrected chi connectivity index (χ2v) is 6.12. The van der Waals surface area contributed by atoms with Crippen molar-refractivity contribution in [1.29, 1.82) is 0 Å². The Hall–Kier alpha value is -2.66. The van der Waals surface area contributed by atoms with Crippen LogP contribution in [0.1, 0.15) is 38.7 Å². The molecule has 132 valence electrons. The van der Waals surface area contributed by atoms with Crippen molar-refractivity contribution in [3.8, 4) is 0 Å². The van der Waals surface area contributed by atoms with E-state index in [1.807, 2.05) is 13.0 Å². The molecule has 5 nitrogen and oxygen atoms in total. The fourth-order valence-electron chi connectivity index (χ4n) is 2.34. The molecule has 0 saturated carbocycles. The van der Waals surface area contributed by atoms with E-state index in [1.165, 1.54) is 6.92 Å². The monoisotopic (exact) mass is 340 g/mol. The van der Waals surface area contributed by atoms with E-state index in [-0.39, 0.29) is 5.91 Å². The number of rotatable bonds is 7. The molecular weight excluding hydrogens is 316 g/mol. The molecule has 25 heavy (non-hydrogen) atoms. The van der Waals surface area contributed by atoms with Gasteiger partial charge in [-0.3, -0.25) is 9.59 Å². The molecule has 2 amide bonds. The maximum Gasteiger partial charge on any atom is 0.260 e. The van der Waals surface area contributed by atoms with Gasteiger partial charge in [0.25, 0.3) is 5.91 Å². The lowest BCUT2D eigenvalue weighted by molar-refractivity contribution is -0.133. The lowest BCUT2D eigenvalue weighted by Crippen LogP contribution is -2.37. The van der Waals surface area contributed by atoms with Crippen LogP contribution in [0.4, 0.5) is 11.4 Å². The van der Waals surface area contributed by atoms with Crippen LogP contribution in [0.25, 0.3) is 0 Å². The SMILES string of the molecule is CCCCC(=O)Nc1ccc(NC(=O)C(C)(O)c2ccccc2)cc1. The topological polar surface area (TPSA) is 78.4 Å². The summed E-state index contributed by atoms with van der Waals surface area (Å²) < 4.78 is 0. The summed E-state index contributed by atoms with van der Waals surface area (Å²) >= 11 is 0. The molecule has 0 aliphatic rings. The molecule has 0 radical (unpaired) electrons. The number of nitrogens with one attached hydrogen (secondary N) is 2. The van der Waals surface area contributed by atoms with E-state index in [9.17, 15) is 14.7 Å². The van der Waals surface area contributed by atoms with Crippen LogP contribution in [0, 0.1) is 0 Å². The molecule has 2 rings (SSSR count). The Balaban J connectivity index is 1.99. The van der Waals surface area contributed by atoms with Crippen LogP contribution in [0.5, 0.6) is 0 Å². The Bertz CT molecular complexity index is 709. The highest BCUT2D eigenvalue weighted by Gasteiger charge is 2.32. The van der Waals surface area contributed by atoms with E-state index >= 15 is 0 Å². The molecule has 1 atom stereocenters. The quantitative estimate of drug-likeness (QED) is 0.720. The Kier molecular flexibility index (Phi) is 6.31. The molecule has 0 spiro atoms. The second kappa shape index (κ2) is 8.44. The number of hydrogen-bond donors (Lipinski definition) is 3. The zero-order chi connectivity index (χ0) is 18.3. The molecule has 1 unspecified atom stereocenters. The zero-order valence-electron chi connectivity index (χ0n) is 14.6. The zero-order valence-corrected chi connectivity index (χ0v) is 14.6. The van der Waals surface area contributed by atoms with Crippen molar-refractivity contribution >= 4 is 23.2 Å². The number of aliphatic hydroxyl groups is 1. The maximum absolute atomic E-state index is 12.4. The minimum absolute atomic E-state index is 0.0225. The molecule has 3 N–H and O–H groups in total. The molecule has 0 aliphatic carbocycles. The Morgan fingerprint density at radius 2 is 1.52 bits per heavy atom. The fourth-order valence-corrected chi connectivity index (χ4v) is 2.34. The molecule has 0 fully saturated rings. The largest absolute Gasteiger partial charge is 0.376 e. The van der Waals surface area contributed by atoms with Gasteiger partial charge in [-0.25, -0.2) is 0 Å². The highest BCUT2D eigenvalue weighted by molar-refractivity contribution is 5.98. The summed E-state index contributed by atoms with van der Waals surface area (Å²) in [4.78, 5) is 24.1. The maximum atomic E-state index is 12.4. The van der Waals surface area contributed by atoms with Gasteiger partial charge < -0.3 is 15.7 Å². The lowest BCUT2D eigenvalue weighted by Gasteiger charge is -2.22. The summed E-state index contributed by atoms with van der Waals surface area (Å²) in [5.41, 5.74) is 0.114. The first kappa shape index (κ1) is 18.7. The number of anilines is 2. The minimum Gasteiger partial charge on any atom is -0.376 e. The van der Waals surface area contributed by atoms with Crippen molar-refractivity contribution in [3.05, 3.63) is 60.2 Å². The van der Waals surface area contributed by atoms with Crippen LogP contribution >= 0.6 is 0 Å². The van der Waals surface area contributed by atoms with E-state index in [1.54, 1.807) is 48.5 Å². The highest BCUT2D eigenvalue weighted by atomic mass is 16.3. The van der Waals surface area contributed by atoms with E-state index in [0.29, 0.717) is 23.4 Å². The average Bonchev–Trinajstić information content (AvgIpc) is 2.62. The Morgan fingerprint density at radius 3 is 2.08 bits per heavy atom. The van der Waals surface area contributed by atoms with Crippen LogP contribution < -0.4 is 10.6 Å². The van der Waals surface area contributed by atoms with Gasteiger partial charge in [-0.05, 0) is 43.2 Å². The molecule has 0 aliphatic heterocycles. The first-order valence-corrected chi connectivity index (χ1v) is 8.42. The van der Waals surface area contributed by atoms with Crippen LogP contribution in [0.3, 0.4) is 0 Å². The molecule has 2 aromatic carbocycles. The van der Waals surface area contributed by atoms with E-state index in [2.05, 4.69) is 10.6 Å². The molecule has 2 aromatic rings. The average molecular weight is 340 g/mol. The summed E-state index contributed by atoms with van der Waals surface area (Å²) in [6.07, 6.45) is 2.32. The van der Waals surface area contributed by atoms with Gasteiger partial charge in [-0.15, -0.1) is 0 Å². The standard InChI is InChI=1S/C20H24N2O3/c1-3-4-10-18(23)21-16-11-13-17(14-12-16)22-19(24)20(2,25)15-8-6-5-7-9-15/h5-9,11-14,25H,3-4,10H2,1-2H3,(H,21,23)(H,22,24). The van der Waals surface area contributed by atoms with Gasteiger partial charge in [0.05, 0.1) is 0 Å². The normalized spacial score (nSPS) is 12.9. The Labute approximate surface area is 148 Å². The van der Waals surface area contributed by atoms with Gasteiger partial charge in [-0.1, -0.05) is 43.7 Å². The van der Waals surface area contributed by atoms with Gasteiger partial charge in [0.2, 0.25) is 5.91 Å². The van der Waals surface area contributed by atoms with Crippen LogP contribution in [0.2, 0.25) is 0 Å². The third kappa shape index (κ3) is 5.16. The first-order valence-electron chi connectivity index (χ1n) is 8.42. The summed E-state index contributed by atoms with van der Waals surface area (Å²) in [5.74, 6) is -0.538.